The number of hydrogen-bond donors (Lipinski definition) is 1. The minimum absolute atomic E-state index is 0. The van der Waals surface area contributed by atoms with Crippen LogP contribution in [0, 0.1) is 6.92 Å². The first-order valence-electron chi connectivity index (χ1n) is 5.33. The number of rotatable bonds is 2. The van der Waals surface area contributed by atoms with Crippen molar-refractivity contribution in [2.75, 3.05) is 0 Å². The fraction of sp³-hybridized carbons (Fsp3) is 0.273. The zero-order valence-corrected chi connectivity index (χ0v) is 14.7. The molecule has 1 fully saturated rings. The zero-order valence-electron chi connectivity index (χ0n) is 11.1. The number of carbonyl (C=O) groups excluding carboxylic acids is 2. The van der Waals surface area contributed by atoms with Crippen LogP contribution in [-0.2, 0) is 19.6 Å². The van der Waals surface area contributed by atoms with Gasteiger partial charge in [0.1, 0.15) is 10.0 Å². The summed E-state index contributed by atoms with van der Waals surface area (Å²) in [6, 6.07) is 6.32. The van der Waals surface area contributed by atoms with Crippen LogP contribution in [0.15, 0.2) is 29.2 Å². The van der Waals surface area contributed by atoms with Crippen LogP contribution in [0.3, 0.4) is 0 Å². The van der Waals surface area contributed by atoms with Crippen LogP contribution < -0.4 is 34.9 Å². The first-order chi connectivity index (χ1) is 8.85. The normalized spacial score (nSPS) is 13.9. The molecule has 1 aliphatic rings. The van der Waals surface area contributed by atoms with Gasteiger partial charge in [-0.25, -0.2) is 8.42 Å². The molecule has 1 N–H and O–H groups in total. The summed E-state index contributed by atoms with van der Waals surface area (Å²) in [5, 5.41) is 2.14. The first-order valence-corrected chi connectivity index (χ1v) is 7.10. The Labute approximate surface area is 144 Å². The van der Waals surface area contributed by atoms with E-state index in [9.17, 15) is 18.0 Å². The van der Waals surface area contributed by atoms with Gasteiger partial charge in [0.05, 0.1) is 0 Å². The van der Waals surface area contributed by atoms with E-state index >= 15 is 0 Å². The van der Waals surface area contributed by atoms with Crippen molar-refractivity contribution in [2.24, 2.45) is 0 Å². The molecule has 6 nitrogen and oxygen atoms in total. The molecule has 20 heavy (non-hydrogen) atoms. The molecule has 104 valence electrons. The zero-order chi connectivity index (χ0) is 14.5. The molecule has 1 heterocycles. The quantitative estimate of drug-likeness (QED) is 0.536. The van der Waals surface area contributed by atoms with E-state index in [1.165, 1.54) is 12.1 Å². The Hall–Kier alpha value is -0.440. The van der Waals surface area contributed by atoms with Gasteiger partial charge in [-0.05, 0) is 19.1 Å². The van der Waals surface area contributed by atoms with Crippen molar-refractivity contribution < 1.29 is 47.6 Å². The number of sulfonamides is 1. The van der Waals surface area contributed by atoms with Gasteiger partial charge in [-0.1, -0.05) is 17.7 Å². The Morgan fingerprint density at radius 2 is 1.55 bits per heavy atom. The molecule has 0 unspecified atom stereocenters. The van der Waals surface area contributed by atoms with Gasteiger partial charge in [0.15, 0.2) is 0 Å². The predicted octanol–water partition coefficient (Wildman–Crippen LogP) is -1.36. The van der Waals surface area contributed by atoms with Crippen LogP contribution in [-0.4, -0.2) is 20.2 Å². The van der Waals surface area contributed by atoms with Crippen molar-refractivity contribution in [1.82, 2.24) is 5.32 Å². The Morgan fingerprint density at radius 1 is 1.10 bits per heavy atom. The molecule has 0 radical (unpaired) electrons. The number of carbonyl (C=O) groups is 2. The molecular formula is C11H12ClN2NaO4S. The van der Waals surface area contributed by atoms with Crippen LogP contribution in [0.1, 0.15) is 18.4 Å². The van der Waals surface area contributed by atoms with Crippen molar-refractivity contribution in [3.8, 4) is 0 Å². The third kappa shape index (κ3) is 6.34. The van der Waals surface area contributed by atoms with Gasteiger partial charge < -0.3 is 4.24 Å². The summed E-state index contributed by atoms with van der Waals surface area (Å²) in [5.74, 6) is -0.296. The summed E-state index contributed by atoms with van der Waals surface area (Å²) in [6.07, 6.45) is 0.748. The molecule has 1 saturated heterocycles. The van der Waals surface area contributed by atoms with Crippen LogP contribution in [0.4, 0.5) is 0 Å². The molecule has 0 spiro atoms. The number of nitrogens with zero attached hydrogens (tertiary/aromatic N) is 1. The van der Waals surface area contributed by atoms with Gasteiger partial charge in [-0.15, -0.1) is 0 Å². The Bertz CT molecular complexity index is 561. The molecule has 1 aromatic carbocycles. The number of nitrogens with one attached hydrogen (secondary N) is 1. The van der Waals surface area contributed by atoms with Crippen LogP contribution in [0.5, 0.6) is 0 Å². The smallest absolute Gasteiger partial charge is 0.458 e. The molecular weight excluding hydrogens is 315 g/mol. The number of amides is 2. The summed E-state index contributed by atoms with van der Waals surface area (Å²) in [6.45, 7) is 1.87. The summed E-state index contributed by atoms with van der Waals surface area (Å²) >= 11 is 4.90. The van der Waals surface area contributed by atoms with Gasteiger partial charge in [0.2, 0.25) is 11.8 Å². The third-order valence-corrected chi connectivity index (χ3v) is 3.86. The second kappa shape index (κ2) is 8.76. The maximum atomic E-state index is 11.0. The number of benzene rings is 1. The Morgan fingerprint density at radius 3 is 1.85 bits per heavy atom. The van der Waals surface area contributed by atoms with E-state index in [0.717, 1.165) is 5.56 Å². The first kappa shape index (κ1) is 19.6. The van der Waals surface area contributed by atoms with E-state index in [-0.39, 0.29) is 46.3 Å². The average molecular weight is 327 g/mol. The third-order valence-electron chi connectivity index (χ3n) is 2.27. The van der Waals surface area contributed by atoms with E-state index in [1.54, 1.807) is 12.1 Å². The molecule has 1 aliphatic heterocycles. The fourth-order valence-electron chi connectivity index (χ4n) is 1.26. The second-order valence-electron chi connectivity index (χ2n) is 3.83. The van der Waals surface area contributed by atoms with E-state index in [4.69, 9.17) is 11.8 Å². The molecule has 0 aliphatic carbocycles. The molecule has 9 heteroatoms. The fourth-order valence-corrected chi connectivity index (χ4v) is 2.06. The standard InChI is InChI=1S/C7H7ClNO2S.C4H5NO2.Na/c1-6-2-4-7(5-3-6)12(10,11)9-8;6-3-1-2-4(7)5-3;/h2-5H,1H3;1-2H2,(H,5,6,7);/q-1;;+1. The minimum Gasteiger partial charge on any atom is -0.458 e. The van der Waals surface area contributed by atoms with Gasteiger partial charge >= 0.3 is 29.6 Å². The van der Waals surface area contributed by atoms with Crippen LogP contribution in [0.2, 0.25) is 0 Å². The van der Waals surface area contributed by atoms with Crippen molar-refractivity contribution in [1.29, 1.82) is 0 Å². The van der Waals surface area contributed by atoms with Crippen LogP contribution in [0.25, 0.3) is 4.24 Å². The number of imide groups is 1. The van der Waals surface area contributed by atoms with Crippen molar-refractivity contribution in [3.63, 3.8) is 0 Å². The number of hydrogen-bond acceptors (Lipinski definition) is 4. The molecule has 0 aromatic heterocycles. The van der Waals surface area contributed by atoms with E-state index in [0.29, 0.717) is 12.8 Å². The van der Waals surface area contributed by atoms with Gasteiger partial charge in [0, 0.05) is 17.7 Å². The monoisotopic (exact) mass is 326 g/mol. The molecule has 2 rings (SSSR count). The summed E-state index contributed by atoms with van der Waals surface area (Å²) in [4.78, 5) is 20.4. The van der Waals surface area contributed by atoms with Gasteiger partial charge in [-0.2, -0.15) is 0 Å². The molecule has 1 aromatic rings. The number of halogens is 1. The van der Waals surface area contributed by atoms with Crippen molar-refractivity contribution >= 4 is 33.6 Å². The largest absolute Gasteiger partial charge is 1.00 e. The Kier molecular flexibility index (Phi) is 8.57. The van der Waals surface area contributed by atoms with Crippen LogP contribution >= 0.6 is 11.8 Å². The van der Waals surface area contributed by atoms with Crippen molar-refractivity contribution in [3.05, 3.63) is 34.1 Å². The maximum Gasteiger partial charge on any atom is 1.00 e. The summed E-state index contributed by atoms with van der Waals surface area (Å²) < 4.78 is 24.8. The predicted molar refractivity (Wildman–Crippen MR) is 70.0 cm³/mol. The average Bonchev–Trinajstić information content (AvgIpc) is 2.74. The molecule has 2 amide bonds. The molecule has 0 atom stereocenters. The van der Waals surface area contributed by atoms with E-state index in [2.05, 4.69) is 9.56 Å². The maximum absolute atomic E-state index is 11.0. The van der Waals surface area contributed by atoms with E-state index in [1.807, 2.05) is 6.92 Å². The van der Waals surface area contributed by atoms with Gasteiger partial charge in [0.25, 0.3) is 0 Å². The second-order valence-corrected chi connectivity index (χ2v) is 5.80. The SMILES string of the molecule is Cc1ccc(S(=O)(=O)[N-]Cl)cc1.O=C1CCC(=O)N1.[Na+]. The topological polar surface area (TPSA) is 94.4 Å². The minimum atomic E-state index is -3.62. The van der Waals surface area contributed by atoms with E-state index < -0.39 is 10.0 Å². The molecule has 0 bridgehead atoms. The number of aryl methyl sites for hydroxylation is 1. The Balaban J connectivity index is 0.000000387. The summed E-state index contributed by atoms with van der Waals surface area (Å²) in [7, 11) is -3.62. The summed E-state index contributed by atoms with van der Waals surface area (Å²) in [5.41, 5.74) is 0.989. The van der Waals surface area contributed by atoms with Gasteiger partial charge in [-0.3, -0.25) is 26.7 Å². The van der Waals surface area contributed by atoms with Crippen molar-refractivity contribution in [2.45, 2.75) is 24.7 Å². The molecule has 0 saturated carbocycles.